The fourth-order valence-electron chi connectivity index (χ4n) is 2.26. The molecule has 0 heterocycles. The van der Waals surface area contributed by atoms with Gasteiger partial charge in [-0.1, -0.05) is 13.8 Å². The molecule has 0 amide bonds. The Morgan fingerprint density at radius 2 is 1.67 bits per heavy atom. The smallest absolute Gasteiger partial charge is 0.254 e. The molecule has 0 aliphatic rings. The van der Waals surface area contributed by atoms with Gasteiger partial charge in [0.05, 0.1) is 0 Å². The normalized spacial score (nSPS) is 15.0. The Bertz CT molecular complexity index is 209. The molecule has 0 saturated carbocycles. The molecule has 1 unspecified atom stereocenters. The van der Waals surface area contributed by atoms with Crippen LogP contribution in [0, 0.1) is 0 Å². The molecule has 5 nitrogen and oxygen atoms in total. The third-order valence-corrected chi connectivity index (χ3v) is 4.61. The molecule has 110 valence electrons. The van der Waals surface area contributed by atoms with Crippen molar-refractivity contribution in [3.63, 3.8) is 0 Å². The van der Waals surface area contributed by atoms with E-state index in [1.54, 1.807) is 21.3 Å². The van der Waals surface area contributed by atoms with Gasteiger partial charge in [0, 0.05) is 43.7 Å². The molecule has 6 heteroatoms. The highest BCUT2D eigenvalue weighted by molar-refractivity contribution is 6.08. The quantitative estimate of drug-likeness (QED) is 0.429. The van der Waals surface area contributed by atoms with Crippen LogP contribution in [0.3, 0.4) is 0 Å². The molecule has 0 rings (SSSR count). The SMILES string of the molecule is CCC(CC)(CN)NC(OC)(OC)C(C[SiH3])OC. The first-order chi connectivity index (χ1) is 8.53. The van der Waals surface area contributed by atoms with Gasteiger partial charge in [0.25, 0.3) is 5.91 Å². The van der Waals surface area contributed by atoms with Gasteiger partial charge in [-0.15, -0.1) is 0 Å². The van der Waals surface area contributed by atoms with Crippen LogP contribution in [-0.4, -0.2) is 55.7 Å². The monoisotopic (exact) mass is 278 g/mol. The van der Waals surface area contributed by atoms with E-state index in [2.05, 4.69) is 19.2 Å². The van der Waals surface area contributed by atoms with Crippen LogP contribution in [0.25, 0.3) is 0 Å². The molecule has 18 heavy (non-hydrogen) atoms. The summed E-state index contributed by atoms with van der Waals surface area (Å²) in [6.45, 7) is 4.76. The van der Waals surface area contributed by atoms with E-state index in [1.807, 2.05) is 0 Å². The van der Waals surface area contributed by atoms with Gasteiger partial charge in [0.15, 0.2) is 0 Å². The summed E-state index contributed by atoms with van der Waals surface area (Å²) in [7, 11) is 5.95. The molecule has 3 N–H and O–H groups in total. The Hall–Kier alpha value is 0.0169. The van der Waals surface area contributed by atoms with E-state index in [9.17, 15) is 0 Å². The zero-order chi connectivity index (χ0) is 14.2. The first-order valence-corrected chi connectivity index (χ1v) is 8.07. The van der Waals surface area contributed by atoms with Gasteiger partial charge >= 0.3 is 0 Å². The standard InChI is InChI=1S/C12H30N2O3Si/c1-6-11(7-2,9-13)14-12(16-4,17-5)10(8-18)15-3/h10,14H,6-9,13H2,1-5,18H3. The minimum atomic E-state index is -0.929. The number of hydrogen-bond donors (Lipinski definition) is 2. The van der Waals surface area contributed by atoms with Gasteiger partial charge in [0.1, 0.15) is 6.10 Å². The van der Waals surface area contributed by atoms with Gasteiger partial charge < -0.3 is 19.9 Å². The van der Waals surface area contributed by atoms with Gasteiger partial charge in [-0.05, 0) is 18.9 Å². The Labute approximate surface area is 114 Å². The maximum absolute atomic E-state index is 5.92. The highest BCUT2D eigenvalue weighted by atomic mass is 28.1. The van der Waals surface area contributed by atoms with E-state index < -0.39 is 5.91 Å². The lowest BCUT2D eigenvalue weighted by Crippen LogP contribution is -2.67. The largest absolute Gasteiger partial charge is 0.375 e. The number of methoxy groups -OCH3 is 3. The lowest BCUT2D eigenvalue weighted by atomic mass is 9.92. The maximum Gasteiger partial charge on any atom is 0.254 e. The van der Waals surface area contributed by atoms with E-state index in [4.69, 9.17) is 19.9 Å². The van der Waals surface area contributed by atoms with Gasteiger partial charge in [-0.25, -0.2) is 0 Å². The molecule has 0 spiro atoms. The van der Waals surface area contributed by atoms with Crippen LogP contribution in [0.4, 0.5) is 0 Å². The van der Waals surface area contributed by atoms with Crippen LogP contribution in [0.1, 0.15) is 26.7 Å². The summed E-state index contributed by atoms with van der Waals surface area (Å²) in [5.74, 6) is -0.929. The van der Waals surface area contributed by atoms with Crippen LogP contribution < -0.4 is 11.1 Å². The summed E-state index contributed by atoms with van der Waals surface area (Å²) >= 11 is 0. The molecule has 0 bridgehead atoms. The van der Waals surface area contributed by atoms with Crippen LogP contribution in [-0.2, 0) is 14.2 Å². The lowest BCUT2D eigenvalue weighted by Gasteiger charge is -2.45. The minimum absolute atomic E-state index is 0.136. The summed E-state index contributed by atoms with van der Waals surface area (Å²) < 4.78 is 16.7. The van der Waals surface area contributed by atoms with Crippen LogP contribution in [0.5, 0.6) is 0 Å². The summed E-state index contributed by atoms with van der Waals surface area (Å²) in [5.41, 5.74) is 5.73. The van der Waals surface area contributed by atoms with Crippen molar-refractivity contribution in [2.75, 3.05) is 27.9 Å². The van der Waals surface area contributed by atoms with Crippen LogP contribution in [0.15, 0.2) is 0 Å². The Morgan fingerprint density at radius 3 is 1.89 bits per heavy atom. The third-order valence-electron chi connectivity index (χ3n) is 3.87. The second-order valence-corrected chi connectivity index (χ2v) is 5.34. The summed E-state index contributed by atoms with van der Waals surface area (Å²) in [6.07, 6.45) is 1.68. The van der Waals surface area contributed by atoms with Crippen molar-refractivity contribution < 1.29 is 14.2 Å². The number of nitrogens with one attached hydrogen (secondary N) is 1. The molecule has 0 aromatic carbocycles. The van der Waals surface area contributed by atoms with Gasteiger partial charge in [-0.3, -0.25) is 5.32 Å². The van der Waals surface area contributed by atoms with E-state index in [0.29, 0.717) is 6.54 Å². The molecule has 0 aliphatic carbocycles. The number of rotatable bonds is 10. The molecule has 0 aromatic rings. The topological polar surface area (TPSA) is 65.7 Å². The zero-order valence-electron chi connectivity index (χ0n) is 12.7. The van der Waals surface area contributed by atoms with Gasteiger partial charge in [0.2, 0.25) is 0 Å². The lowest BCUT2D eigenvalue weighted by molar-refractivity contribution is -0.288. The predicted molar refractivity (Wildman–Crippen MR) is 77.8 cm³/mol. The molecule has 0 aliphatic heterocycles. The van der Waals surface area contributed by atoms with E-state index in [1.165, 1.54) is 0 Å². The van der Waals surface area contributed by atoms with Crippen molar-refractivity contribution >= 4 is 10.2 Å². The molecule has 0 saturated heterocycles. The minimum Gasteiger partial charge on any atom is -0.375 e. The molecular weight excluding hydrogens is 248 g/mol. The highest BCUT2D eigenvalue weighted by Gasteiger charge is 2.44. The van der Waals surface area contributed by atoms with Crippen molar-refractivity contribution in [1.29, 1.82) is 0 Å². The molecular formula is C12H30N2O3Si. The predicted octanol–water partition coefficient (Wildman–Crippen LogP) is -0.161. The number of hydrogen-bond acceptors (Lipinski definition) is 5. The molecule has 0 fully saturated rings. The van der Waals surface area contributed by atoms with Crippen LogP contribution >= 0.6 is 0 Å². The van der Waals surface area contributed by atoms with E-state index >= 15 is 0 Å². The second-order valence-electron chi connectivity index (χ2n) is 4.52. The summed E-state index contributed by atoms with van der Waals surface area (Å²) in [6, 6.07) is 0.916. The molecule has 0 radical (unpaired) electrons. The van der Waals surface area contributed by atoms with Crippen molar-refractivity contribution in [3.05, 3.63) is 0 Å². The first-order valence-electron chi connectivity index (χ1n) is 6.66. The molecule has 1 atom stereocenters. The average molecular weight is 278 g/mol. The number of nitrogens with two attached hydrogens (primary N) is 1. The number of ether oxygens (including phenoxy) is 3. The highest BCUT2D eigenvalue weighted by Crippen LogP contribution is 2.25. The Kier molecular flexibility index (Phi) is 8.25. The van der Waals surface area contributed by atoms with Gasteiger partial charge in [-0.2, -0.15) is 0 Å². The summed E-state index contributed by atoms with van der Waals surface area (Å²) in [5, 5.41) is 3.46. The van der Waals surface area contributed by atoms with E-state index in [0.717, 1.165) is 29.1 Å². The summed E-state index contributed by atoms with van der Waals surface area (Å²) in [4.78, 5) is 0. The van der Waals surface area contributed by atoms with Crippen molar-refractivity contribution in [3.8, 4) is 0 Å². The van der Waals surface area contributed by atoms with E-state index in [-0.39, 0.29) is 11.6 Å². The maximum atomic E-state index is 5.92. The first kappa shape index (κ1) is 18.0. The average Bonchev–Trinajstić information content (AvgIpc) is 2.44. The Morgan fingerprint density at radius 1 is 1.17 bits per heavy atom. The third kappa shape index (κ3) is 3.75. The van der Waals surface area contributed by atoms with Crippen molar-refractivity contribution in [1.82, 2.24) is 5.32 Å². The fourth-order valence-corrected chi connectivity index (χ4v) is 3.13. The van der Waals surface area contributed by atoms with Crippen molar-refractivity contribution in [2.24, 2.45) is 5.73 Å². The Balaban J connectivity index is 5.21. The zero-order valence-corrected chi connectivity index (χ0v) is 14.7. The second kappa shape index (κ2) is 8.24. The fraction of sp³-hybridized carbons (Fsp3) is 1.00. The van der Waals surface area contributed by atoms with Crippen LogP contribution in [0.2, 0.25) is 6.04 Å². The molecule has 0 aromatic heterocycles. The van der Waals surface area contributed by atoms with Crippen molar-refractivity contribution in [2.45, 2.75) is 50.3 Å².